The van der Waals surface area contributed by atoms with Gasteiger partial charge < -0.3 is 5.11 Å². The van der Waals surface area contributed by atoms with Gasteiger partial charge in [-0.2, -0.15) is 0 Å². The highest BCUT2D eigenvalue weighted by molar-refractivity contribution is 6.04. The van der Waals surface area contributed by atoms with E-state index in [4.69, 9.17) is 12.0 Å². The third-order valence-electron chi connectivity index (χ3n) is 1.23. The zero-order valence-corrected chi connectivity index (χ0v) is 5.00. The van der Waals surface area contributed by atoms with E-state index in [1.165, 1.54) is 0 Å². The maximum atomic E-state index is 11.2. The lowest BCUT2D eigenvalue weighted by Crippen LogP contribution is -2.31. The summed E-state index contributed by atoms with van der Waals surface area (Å²) in [6.45, 7) is -6.22. The summed E-state index contributed by atoms with van der Waals surface area (Å²) in [5.74, 6) is -2.23. The minimum atomic E-state index is -3.14. The van der Waals surface area contributed by atoms with Crippen molar-refractivity contribution in [1.29, 1.82) is 0 Å². The molecule has 1 atom stereocenters. The number of amides is 2. The standard InChI is InChI=1S/C6H9NO3/c1-2-7-5(9)3-4(8)6(7)10/h4,8H,2-3H2,1H3/i1D3,2D2. The predicted octanol–water partition coefficient (Wildman–Crippen LogP) is -0.874. The SMILES string of the molecule is [2H]C([2H])([2H])C([2H])([2H])N1C(=O)CC(O)C1=O. The second-order valence-electron chi connectivity index (χ2n) is 1.90. The van der Waals surface area contributed by atoms with Gasteiger partial charge in [-0.05, 0) is 6.85 Å². The number of hydrogen-bond donors (Lipinski definition) is 1. The van der Waals surface area contributed by atoms with E-state index in [9.17, 15) is 9.59 Å². The van der Waals surface area contributed by atoms with Crippen molar-refractivity contribution in [3.05, 3.63) is 0 Å². The molecule has 56 valence electrons. The molecule has 4 heteroatoms. The molecule has 1 N–H and O–H groups in total. The summed E-state index contributed by atoms with van der Waals surface area (Å²) in [5.41, 5.74) is 0. The molecule has 0 aromatic rings. The molecule has 0 bridgehead atoms. The molecule has 0 saturated carbocycles. The molecular weight excluding hydrogens is 134 g/mol. The Hall–Kier alpha value is -0.900. The van der Waals surface area contributed by atoms with Gasteiger partial charge in [-0.25, -0.2) is 0 Å². The molecule has 1 unspecified atom stereocenters. The molecule has 0 aromatic heterocycles. The van der Waals surface area contributed by atoms with Crippen molar-refractivity contribution in [2.45, 2.75) is 19.4 Å². The molecule has 2 amide bonds. The Kier molecular flexibility index (Phi) is 0.715. The third kappa shape index (κ3) is 0.903. The van der Waals surface area contributed by atoms with Crippen LogP contribution in [0.2, 0.25) is 0 Å². The van der Waals surface area contributed by atoms with Crippen LogP contribution in [0.15, 0.2) is 0 Å². The molecule has 1 rings (SSSR count). The van der Waals surface area contributed by atoms with Crippen LogP contribution in [0, 0.1) is 0 Å². The topological polar surface area (TPSA) is 57.6 Å². The van der Waals surface area contributed by atoms with Gasteiger partial charge in [-0.1, -0.05) is 0 Å². The van der Waals surface area contributed by atoms with E-state index in [1.54, 1.807) is 0 Å². The summed E-state index contributed by atoms with van der Waals surface area (Å²) >= 11 is 0. The minimum Gasteiger partial charge on any atom is -0.383 e. The Labute approximate surface area is 65.5 Å². The molecule has 1 heterocycles. The van der Waals surface area contributed by atoms with Crippen LogP contribution in [0.4, 0.5) is 0 Å². The number of likely N-dealkylation sites (N-methyl/N-ethyl adjacent to an activating group) is 1. The molecule has 0 spiro atoms. The molecule has 1 fully saturated rings. The summed E-state index contributed by atoms with van der Waals surface area (Å²) in [7, 11) is 0. The maximum absolute atomic E-state index is 11.2. The number of aliphatic hydroxyl groups excluding tert-OH is 1. The van der Waals surface area contributed by atoms with E-state index >= 15 is 0 Å². The van der Waals surface area contributed by atoms with Crippen LogP contribution in [-0.2, 0) is 9.59 Å². The van der Waals surface area contributed by atoms with Crippen LogP contribution >= 0.6 is 0 Å². The van der Waals surface area contributed by atoms with Crippen molar-refractivity contribution in [3.63, 3.8) is 0 Å². The fourth-order valence-corrected chi connectivity index (χ4v) is 0.733. The molecule has 0 aliphatic carbocycles. The first-order valence-corrected chi connectivity index (χ1v) is 2.64. The fourth-order valence-electron chi connectivity index (χ4n) is 0.733. The number of imide groups is 1. The number of carbonyl (C=O) groups is 2. The number of hydrogen-bond acceptors (Lipinski definition) is 3. The fraction of sp³-hybridized carbons (Fsp3) is 0.667. The van der Waals surface area contributed by atoms with Crippen LogP contribution < -0.4 is 0 Å². The molecule has 10 heavy (non-hydrogen) atoms. The van der Waals surface area contributed by atoms with Gasteiger partial charge >= 0.3 is 0 Å². The third-order valence-corrected chi connectivity index (χ3v) is 1.23. The monoisotopic (exact) mass is 148 g/mol. The normalized spacial score (nSPS) is 36.3. The number of aliphatic hydroxyl groups is 1. The van der Waals surface area contributed by atoms with Gasteiger partial charge in [-0.3, -0.25) is 14.5 Å². The lowest BCUT2D eigenvalue weighted by Gasteiger charge is -2.08. The van der Waals surface area contributed by atoms with Gasteiger partial charge in [0.15, 0.2) is 0 Å². The number of likely N-dealkylation sites (tertiary alicyclic amines) is 1. The van der Waals surface area contributed by atoms with E-state index in [-0.39, 0.29) is 4.90 Å². The second kappa shape index (κ2) is 2.38. The van der Waals surface area contributed by atoms with Gasteiger partial charge in [-0.15, -0.1) is 0 Å². The highest BCUT2D eigenvalue weighted by Gasteiger charge is 2.35. The summed E-state index contributed by atoms with van der Waals surface area (Å²) < 4.78 is 35.0. The Bertz CT molecular complexity index is 312. The van der Waals surface area contributed by atoms with Crippen molar-refractivity contribution in [2.24, 2.45) is 0 Å². The quantitative estimate of drug-likeness (QED) is 0.491. The lowest BCUT2D eigenvalue weighted by atomic mass is 10.3. The van der Waals surface area contributed by atoms with Gasteiger partial charge in [0.1, 0.15) is 6.10 Å². The molecule has 0 aromatic carbocycles. The Morgan fingerprint density at radius 2 is 2.70 bits per heavy atom. The first-order chi connectivity index (χ1) is 6.59. The second-order valence-corrected chi connectivity index (χ2v) is 1.90. The van der Waals surface area contributed by atoms with Crippen molar-refractivity contribution in [1.82, 2.24) is 4.90 Å². The van der Waals surface area contributed by atoms with Gasteiger partial charge in [0.25, 0.3) is 5.91 Å². The summed E-state index contributed by atoms with van der Waals surface area (Å²) in [6, 6.07) is 0. The van der Waals surface area contributed by atoms with Crippen LogP contribution in [0.25, 0.3) is 0 Å². The Balaban J connectivity index is 3.08. The average Bonchev–Trinajstić information content (AvgIpc) is 2.24. The van der Waals surface area contributed by atoms with E-state index in [1.807, 2.05) is 0 Å². The summed E-state index contributed by atoms with van der Waals surface area (Å²) in [5, 5.41) is 9.01. The van der Waals surface area contributed by atoms with Crippen LogP contribution in [0.1, 0.15) is 20.1 Å². The van der Waals surface area contributed by atoms with Gasteiger partial charge in [0, 0.05) is 13.4 Å². The van der Waals surface area contributed by atoms with Crippen LogP contribution in [0.5, 0.6) is 0 Å². The highest BCUT2D eigenvalue weighted by Crippen LogP contribution is 2.11. The van der Waals surface area contributed by atoms with E-state index < -0.39 is 37.7 Å². The number of carbonyl (C=O) groups excluding carboxylic acids is 2. The zero-order valence-electron chi connectivity index (χ0n) is 10.00. The smallest absolute Gasteiger partial charge is 0.258 e. The lowest BCUT2D eigenvalue weighted by molar-refractivity contribution is -0.140. The number of rotatable bonds is 1. The molecular formula is C6H9NO3. The summed E-state index contributed by atoms with van der Waals surface area (Å²) in [4.78, 5) is 22.3. The van der Waals surface area contributed by atoms with Crippen LogP contribution in [0.3, 0.4) is 0 Å². The molecule has 1 aliphatic heterocycles. The zero-order chi connectivity index (χ0) is 12.0. The first kappa shape index (κ1) is 3.00. The Morgan fingerprint density at radius 1 is 2.00 bits per heavy atom. The van der Waals surface area contributed by atoms with E-state index in [0.29, 0.717) is 0 Å². The molecule has 4 nitrogen and oxygen atoms in total. The van der Waals surface area contributed by atoms with E-state index in [0.717, 1.165) is 0 Å². The number of nitrogens with zero attached hydrogens (tertiary/aromatic N) is 1. The van der Waals surface area contributed by atoms with Gasteiger partial charge in [0.05, 0.1) is 6.42 Å². The van der Waals surface area contributed by atoms with Crippen molar-refractivity contribution in [3.8, 4) is 0 Å². The van der Waals surface area contributed by atoms with Crippen molar-refractivity contribution >= 4 is 11.8 Å². The van der Waals surface area contributed by atoms with Crippen molar-refractivity contribution < 1.29 is 21.5 Å². The largest absolute Gasteiger partial charge is 0.383 e. The molecule has 0 radical (unpaired) electrons. The molecule has 1 aliphatic rings. The maximum Gasteiger partial charge on any atom is 0.258 e. The average molecular weight is 148 g/mol. The first-order valence-electron chi connectivity index (χ1n) is 5.14. The summed E-state index contributed by atoms with van der Waals surface area (Å²) in [6.07, 6.45) is -2.22. The Morgan fingerprint density at radius 3 is 3.10 bits per heavy atom. The van der Waals surface area contributed by atoms with E-state index in [2.05, 4.69) is 0 Å². The predicted molar refractivity (Wildman–Crippen MR) is 33.0 cm³/mol. The molecule has 1 saturated heterocycles. The van der Waals surface area contributed by atoms with Crippen molar-refractivity contribution in [2.75, 3.05) is 6.50 Å². The minimum absolute atomic E-state index is 0.0231. The highest BCUT2D eigenvalue weighted by atomic mass is 16.3. The van der Waals surface area contributed by atoms with Crippen LogP contribution in [-0.4, -0.2) is 34.4 Å². The van der Waals surface area contributed by atoms with Gasteiger partial charge in [0.2, 0.25) is 5.91 Å².